The Hall–Kier alpha value is -1.63. The lowest BCUT2D eigenvalue weighted by Crippen LogP contribution is -2.58. The van der Waals surface area contributed by atoms with Gasteiger partial charge in [0, 0.05) is 33.1 Å². The predicted octanol–water partition coefficient (Wildman–Crippen LogP) is 0.552. The zero-order valence-corrected chi connectivity index (χ0v) is 15.4. The Morgan fingerprint density at radius 2 is 1.58 bits per heavy atom. The third kappa shape index (κ3) is 3.10. The predicted molar refractivity (Wildman–Crippen MR) is 91.9 cm³/mol. The van der Waals surface area contributed by atoms with Crippen molar-refractivity contribution in [1.82, 2.24) is 9.80 Å². The van der Waals surface area contributed by atoms with Gasteiger partial charge >= 0.3 is 5.97 Å². The third-order valence-electron chi connectivity index (χ3n) is 6.87. The van der Waals surface area contributed by atoms with Crippen molar-refractivity contribution in [3.8, 4) is 0 Å². The summed E-state index contributed by atoms with van der Waals surface area (Å²) >= 11 is 0. The third-order valence-corrected chi connectivity index (χ3v) is 6.87. The van der Waals surface area contributed by atoms with Crippen LogP contribution in [0.15, 0.2) is 0 Å². The lowest BCUT2D eigenvalue weighted by atomic mass is 9.48. The molecule has 7 heteroatoms. The first-order valence-corrected chi connectivity index (χ1v) is 9.72. The molecule has 1 saturated heterocycles. The lowest BCUT2D eigenvalue weighted by Gasteiger charge is -2.58. The Kier molecular flexibility index (Phi) is 4.25. The molecule has 2 unspecified atom stereocenters. The summed E-state index contributed by atoms with van der Waals surface area (Å²) in [5.41, 5.74) is -1.30. The summed E-state index contributed by atoms with van der Waals surface area (Å²) in [7, 11) is 0. The van der Waals surface area contributed by atoms with E-state index in [0.717, 1.165) is 32.1 Å². The van der Waals surface area contributed by atoms with Crippen LogP contribution in [0.4, 0.5) is 0 Å². The molecule has 0 aromatic carbocycles. The Labute approximate surface area is 153 Å². The molecular weight excluding hydrogens is 336 g/mol. The SMILES string of the molecule is CC(=O)N1CCN(C(=O)COC(=O)C23C[C@@H]4C[C@@H](CC(O)(C4)C2)C3)CC1. The van der Waals surface area contributed by atoms with Gasteiger partial charge in [0.25, 0.3) is 5.91 Å². The van der Waals surface area contributed by atoms with Gasteiger partial charge in [0.05, 0.1) is 11.0 Å². The van der Waals surface area contributed by atoms with Crippen LogP contribution in [0.25, 0.3) is 0 Å². The molecule has 7 nitrogen and oxygen atoms in total. The van der Waals surface area contributed by atoms with Gasteiger partial charge in [0.2, 0.25) is 5.91 Å². The average molecular weight is 364 g/mol. The van der Waals surface area contributed by atoms with E-state index in [9.17, 15) is 19.5 Å². The molecule has 0 spiro atoms. The standard InChI is InChI=1S/C19H28N2O5/c1-13(22)20-2-4-21(5-3-20)16(23)11-26-17(24)18-7-14-6-15(8-18)10-19(25,9-14)12-18/h14-15,25H,2-12H2,1H3/t14-,15+,18?,19?. The number of carbonyl (C=O) groups excluding carboxylic acids is 3. The van der Waals surface area contributed by atoms with Crippen LogP contribution >= 0.6 is 0 Å². The number of esters is 1. The van der Waals surface area contributed by atoms with Crippen LogP contribution in [0, 0.1) is 17.3 Å². The van der Waals surface area contributed by atoms with Crippen LogP contribution in [-0.4, -0.2) is 71.1 Å². The normalized spacial score (nSPS) is 38.4. The quantitative estimate of drug-likeness (QED) is 0.739. The summed E-state index contributed by atoms with van der Waals surface area (Å²) < 4.78 is 5.44. The van der Waals surface area contributed by atoms with Gasteiger partial charge in [-0.1, -0.05) is 0 Å². The first-order chi connectivity index (χ1) is 12.3. The van der Waals surface area contributed by atoms with Crippen LogP contribution in [0.5, 0.6) is 0 Å². The summed E-state index contributed by atoms with van der Waals surface area (Å²) in [6.45, 7) is 3.29. The molecular formula is C19H28N2O5. The minimum atomic E-state index is -0.712. The highest BCUT2D eigenvalue weighted by atomic mass is 16.5. The van der Waals surface area contributed by atoms with Crippen molar-refractivity contribution >= 4 is 17.8 Å². The molecule has 4 atom stereocenters. The topological polar surface area (TPSA) is 87.2 Å². The summed E-state index contributed by atoms with van der Waals surface area (Å²) in [6, 6.07) is 0. The number of aliphatic hydroxyl groups is 1. The van der Waals surface area contributed by atoms with Gasteiger partial charge in [0.1, 0.15) is 0 Å². The van der Waals surface area contributed by atoms with E-state index < -0.39 is 11.0 Å². The molecule has 144 valence electrons. The van der Waals surface area contributed by atoms with Crippen molar-refractivity contribution in [3.63, 3.8) is 0 Å². The summed E-state index contributed by atoms with van der Waals surface area (Å²) in [5.74, 6) is 0.322. The molecule has 0 radical (unpaired) electrons. The second-order valence-electron chi connectivity index (χ2n) is 8.93. The van der Waals surface area contributed by atoms with E-state index in [0.29, 0.717) is 44.4 Å². The van der Waals surface area contributed by atoms with E-state index in [1.807, 2.05) is 0 Å². The smallest absolute Gasteiger partial charge is 0.312 e. The van der Waals surface area contributed by atoms with Gasteiger partial charge in [-0.05, 0) is 50.4 Å². The molecule has 1 heterocycles. The van der Waals surface area contributed by atoms with Crippen LogP contribution in [0.3, 0.4) is 0 Å². The van der Waals surface area contributed by atoms with E-state index in [1.165, 1.54) is 6.92 Å². The Balaban J connectivity index is 1.32. The second-order valence-corrected chi connectivity index (χ2v) is 8.93. The summed E-state index contributed by atoms with van der Waals surface area (Å²) in [5, 5.41) is 10.8. The van der Waals surface area contributed by atoms with Gasteiger partial charge in [0.15, 0.2) is 6.61 Å². The van der Waals surface area contributed by atoms with Crippen LogP contribution in [0.2, 0.25) is 0 Å². The largest absolute Gasteiger partial charge is 0.455 e. The van der Waals surface area contributed by atoms with Crippen LogP contribution in [0.1, 0.15) is 45.4 Å². The molecule has 4 bridgehead atoms. The average Bonchev–Trinajstić information content (AvgIpc) is 2.57. The van der Waals surface area contributed by atoms with Crippen molar-refractivity contribution in [2.75, 3.05) is 32.8 Å². The second kappa shape index (κ2) is 6.22. The highest BCUT2D eigenvalue weighted by Gasteiger charge is 2.60. The highest BCUT2D eigenvalue weighted by Crippen LogP contribution is 2.61. The first-order valence-electron chi connectivity index (χ1n) is 9.72. The van der Waals surface area contributed by atoms with E-state index in [1.54, 1.807) is 9.80 Å². The van der Waals surface area contributed by atoms with Crippen molar-refractivity contribution in [1.29, 1.82) is 0 Å². The number of hydrogen-bond acceptors (Lipinski definition) is 5. The van der Waals surface area contributed by atoms with Crippen molar-refractivity contribution in [2.24, 2.45) is 17.3 Å². The fourth-order valence-corrected chi connectivity index (χ4v) is 6.10. The highest BCUT2D eigenvalue weighted by molar-refractivity contribution is 5.83. The first kappa shape index (κ1) is 17.8. The van der Waals surface area contributed by atoms with Gasteiger partial charge in [-0.25, -0.2) is 0 Å². The molecule has 2 amide bonds. The van der Waals surface area contributed by atoms with E-state index >= 15 is 0 Å². The molecule has 5 rings (SSSR count). The summed E-state index contributed by atoms with van der Waals surface area (Å²) in [4.78, 5) is 39.9. The summed E-state index contributed by atoms with van der Waals surface area (Å²) in [6.07, 6.45) is 4.77. The van der Waals surface area contributed by atoms with Crippen molar-refractivity contribution in [3.05, 3.63) is 0 Å². The number of hydrogen-bond donors (Lipinski definition) is 1. The number of piperazine rings is 1. The number of ether oxygens (including phenoxy) is 1. The van der Waals surface area contributed by atoms with Crippen molar-refractivity contribution in [2.45, 2.75) is 51.0 Å². The fraction of sp³-hybridized carbons (Fsp3) is 0.842. The number of nitrogens with zero attached hydrogens (tertiary/aromatic N) is 2. The Morgan fingerprint density at radius 3 is 2.12 bits per heavy atom. The molecule has 0 aromatic rings. The molecule has 4 saturated carbocycles. The van der Waals surface area contributed by atoms with Gasteiger partial charge in [-0.2, -0.15) is 0 Å². The zero-order valence-electron chi connectivity index (χ0n) is 15.4. The van der Waals surface area contributed by atoms with E-state index in [4.69, 9.17) is 4.74 Å². The van der Waals surface area contributed by atoms with Gasteiger partial charge in [-0.15, -0.1) is 0 Å². The minimum absolute atomic E-state index is 0.0169. The Bertz CT molecular complexity index is 611. The molecule has 0 aromatic heterocycles. The molecule has 1 N–H and O–H groups in total. The maximum Gasteiger partial charge on any atom is 0.312 e. The molecule has 26 heavy (non-hydrogen) atoms. The lowest BCUT2D eigenvalue weighted by molar-refractivity contribution is -0.197. The maximum atomic E-state index is 12.8. The van der Waals surface area contributed by atoms with Gasteiger partial charge < -0.3 is 19.6 Å². The van der Waals surface area contributed by atoms with Crippen molar-refractivity contribution < 1.29 is 24.2 Å². The number of rotatable bonds is 3. The molecule has 1 aliphatic heterocycles. The number of amides is 2. The van der Waals surface area contributed by atoms with Crippen LogP contribution < -0.4 is 0 Å². The number of carbonyl (C=O) groups is 3. The molecule has 5 aliphatic rings. The minimum Gasteiger partial charge on any atom is -0.455 e. The van der Waals surface area contributed by atoms with E-state index in [2.05, 4.69) is 0 Å². The zero-order chi connectivity index (χ0) is 18.5. The fourth-order valence-electron chi connectivity index (χ4n) is 6.10. The Morgan fingerprint density at radius 1 is 1.00 bits per heavy atom. The van der Waals surface area contributed by atoms with E-state index in [-0.39, 0.29) is 24.4 Å². The monoisotopic (exact) mass is 364 g/mol. The molecule has 5 fully saturated rings. The molecule has 4 aliphatic carbocycles. The van der Waals surface area contributed by atoms with Gasteiger partial charge in [-0.3, -0.25) is 14.4 Å². The van der Waals surface area contributed by atoms with Crippen LogP contribution in [-0.2, 0) is 19.1 Å². The maximum absolute atomic E-state index is 12.8.